The minimum atomic E-state index is 0.520. The maximum Gasteiger partial charge on any atom is 0.131 e. The van der Waals surface area contributed by atoms with Crippen LogP contribution >= 0.6 is 11.8 Å². The molecule has 1 aromatic rings. The summed E-state index contributed by atoms with van der Waals surface area (Å²) in [5.41, 5.74) is 5.57. The van der Waals surface area contributed by atoms with Gasteiger partial charge in [-0.2, -0.15) is 11.8 Å². The quantitative estimate of drug-likeness (QED) is 0.816. The Morgan fingerprint density at radius 3 is 2.93 bits per heavy atom. The maximum atomic E-state index is 5.57. The highest BCUT2D eigenvalue weighted by Gasteiger charge is 2.13. The fourth-order valence-electron chi connectivity index (χ4n) is 1.67. The summed E-state index contributed by atoms with van der Waals surface area (Å²) in [7, 11) is 0. The van der Waals surface area contributed by atoms with Gasteiger partial charge in [0.05, 0.1) is 0 Å². The predicted octanol–water partition coefficient (Wildman–Crippen LogP) is 1.61. The second-order valence-electron chi connectivity index (χ2n) is 3.76. The van der Waals surface area contributed by atoms with Gasteiger partial charge in [0.2, 0.25) is 0 Å². The molecule has 0 bridgehead atoms. The van der Waals surface area contributed by atoms with E-state index in [4.69, 9.17) is 5.73 Å². The van der Waals surface area contributed by atoms with Crippen LogP contribution in [0.5, 0.6) is 0 Å². The Kier molecular flexibility index (Phi) is 3.66. The van der Waals surface area contributed by atoms with E-state index in [1.165, 1.54) is 30.7 Å². The Morgan fingerprint density at radius 1 is 1.40 bits per heavy atom. The monoisotopic (exact) mass is 224 g/mol. The standard InChI is InChI=1S/C10H16N4S/c11-9-5-10(14-7-13-9)12-6-8-1-3-15-4-2-8/h5,7-8H,1-4,6H2,(H3,11,12,13,14). The number of nitrogens with zero attached hydrogens (tertiary/aromatic N) is 2. The van der Waals surface area contributed by atoms with Gasteiger partial charge < -0.3 is 11.1 Å². The van der Waals surface area contributed by atoms with Crippen molar-refractivity contribution in [2.24, 2.45) is 5.92 Å². The lowest BCUT2D eigenvalue weighted by Crippen LogP contribution is -2.19. The summed E-state index contributed by atoms with van der Waals surface area (Å²) >= 11 is 2.05. The molecule has 1 aromatic heterocycles. The van der Waals surface area contributed by atoms with Gasteiger partial charge >= 0.3 is 0 Å². The Morgan fingerprint density at radius 2 is 2.20 bits per heavy atom. The Labute approximate surface area is 94.1 Å². The molecule has 3 N–H and O–H groups in total. The Hall–Kier alpha value is -0.970. The highest BCUT2D eigenvalue weighted by Crippen LogP contribution is 2.22. The van der Waals surface area contributed by atoms with Gasteiger partial charge in [-0.05, 0) is 30.3 Å². The molecule has 0 atom stereocenters. The molecule has 0 spiro atoms. The molecule has 5 heteroatoms. The molecule has 0 radical (unpaired) electrons. The molecular weight excluding hydrogens is 208 g/mol. The van der Waals surface area contributed by atoms with Crippen LogP contribution in [0.15, 0.2) is 12.4 Å². The number of aromatic nitrogens is 2. The van der Waals surface area contributed by atoms with Crippen molar-refractivity contribution in [2.45, 2.75) is 12.8 Å². The van der Waals surface area contributed by atoms with Crippen LogP contribution < -0.4 is 11.1 Å². The van der Waals surface area contributed by atoms with E-state index in [-0.39, 0.29) is 0 Å². The topological polar surface area (TPSA) is 63.8 Å². The molecule has 82 valence electrons. The SMILES string of the molecule is Nc1cc(NCC2CCSCC2)ncn1. The summed E-state index contributed by atoms with van der Waals surface area (Å²) in [5, 5.41) is 3.31. The summed E-state index contributed by atoms with van der Waals surface area (Å²) in [6.07, 6.45) is 4.10. The summed E-state index contributed by atoms with van der Waals surface area (Å²) in [6.45, 7) is 0.997. The third-order valence-corrected chi connectivity index (χ3v) is 3.65. The van der Waals surface area contributed by atoms with Crippen LogP contribution in [-0.4, -0.2) is 28.0 Å². The highest BCUT2D eigenvalue weighted by atomic mass is 32.2. The van der Waals surface area contributed by atoms with E-state index < -0.39 is 0 Å². The van der Waals surface area contributed by atoms with E-state index in [1.54, 1.807) is 6.07 Å². The fourth-order valence-corrected chi connectivity index (χ4v) is 2.87. The van der Waals surface area contributed by atoms with Gasteiger partial charge in [-0.15, -0.1) is 0 Å². The summed E-state index contributed by atoms with van der Waals surface area (Å²) < 4.78 is 0. The van der Waals surface area contributed by atoms with E-state index in [2.05, 4.69) is 15.3 Å². The second-order valence-corrected chi connectivity index (χ2v) is 4.99. The maximum absolute atomic E-state index is 5.57. The van der Waals surface area contributed by atoms with E-state index >= 15 is 0 Å². The highest BCUT2D eigenvalue weighted by molar-refractivity contribution is 7.99. The molecule has 1 fully saturated rings. The first kappa shape index (κ1) is 10.5. The van der Waals surface area contributed by atoms with Crippen LogP contribution in [0.25, 0.3) is 0 Å². The van der Waals surface area contributed by atoms with Gasteiger partial charge in [-0.1, -0.05) is 0 Å². The first-order chi connectivity index (χ1) is 7.34. The van der Waals surface area contributed by atoms with Crippen molar-refractivity contribution in [2.75, 3.05) is 29.1 Å². The lowest BCUT2D eigenvalue weighted by atomic mass is 10.0. The van der Waals surface area contributed by atoms with Crippen molar-refractivity contribution in [3.8, 4) is 0 Å². The number of thioether (sulfide) groups is 1. The van der Waals surface area contributed by atoms with Crippen LogP contribution in [0.4, 0.5) is 11.6 Å². The molecule has 2 rings (SSSR count). The Balaban J connectivity index is 1.81. The normalized spacial score (nSPS) is 17.6. The van der Waals surface area contributed by atoms with Gasteiger partial charge in [-0.25, -0.2) is 9.97 Å². The molecule has 4 nitrogen and oxygen atoms in total. The number of anilines is 2. The molecule has 0 saturated carbocycles. The van der Waals surface area contributed by atoms with Gasteiger partial charge in [-0.3, -0.25) is 0 Å². The van der Waals surface area contributed by atoms with Gasteiger partial charge in [0.25, 0.3) is 0 Å². The molecule has 15 heavy (non-hydrogen) atoms. The first-order valence-corrected chi connectivity index (χ1v) is 6.39. The minimum Gasteiger partial charge on any atom is -0.384 e. The first-order valence-electron chi connectivity index (χ1n) is 5.24. The number of hydrogen-bond donors (Lipinski definition) is 2. The molecular formula is C10H16N4S. The number of nitrogens with two attached hydrogens (primary N) is 1. The van der Waals surface area contributed by atoms with Crippen molar-refractivity contribution >= 4 is 23.4 Å². The molecule has 1 aliphatic rings. The molecule has 0 aliphatic carbocycles. The van der Waals surface area contributed by atoms with Crippen LogP contribution in [0.3, 0.4) is 0 Å². The molecule has 1 aliphatic heterocycles. The zero-order valence-corrected chi connectivity index (χ0v) is 9.46. The van der Waals surface area contributed by atoms with Crippen molar-refractivity contribution in [1.82, 2.24) is 9.97 Å². The number of hydrogen-bond acceptors (Lipinski definition) is 5. The smallest absolute Gasteiger partial charge is 0.131 e. The minimum absolute atomic E-state index is 0.520. The molecule has 1 saturated heterocycles. The fraction of sp³-hybridized carbons (Fsp3) is 0.600. The third kappa shape index (κ3) is 3.27. The van der Waals surface area contributed by atoms with Crippen LogP contribution in [0, 0.1) is 5.92 Å². The average Bonchev–Trinajstić information content (AvgIpc) is 2.28. The molecule has 0 amide bonds. The lowest BCUT2D eigenvalue weighted by molar-refractivity contribution is 0.515. The largest absolute Gasteiger partial charge is 0.384 e. The number of nitrogen functional groups attached to an aromatic ring is 1. The number of nitrogens with one attached hydrogen (secondary N) is 1. The third-order valence-electron chi connectivity index (χ3n) is 2.60. The zero-order chi connectivity index (χ0) is 10.5. The van der Waals surface area contributed by atoms with E-state index in [9.17, 15) is 0 Å². The average molecular weight is 224 g/mol. The van der Waals surface area contributed by atoms with Gasteiger partial charge in [0.15, 0.2) is 0 Å². The zero-order valence-electron chi connectivity index (χ0n) is 8.65. The molecule has 0 unspecified atom stereocenters. The van der Waals surface area contributed by atoms with E-state index in [1.807, 2.05) is 11.8 Å². The lowest BCUT2D eigenvalue weighted by Gasteiger charge is -2.21. The molecule has 0 aromatic carbocycles. The van der Waals surface area contributed by atoms with Crippen molar-refractivity contribution in [1.29, 1.82) is 0 Å². The van der Waals surface area contributed by atoms with Crippen LogP contribution in [-0.2, 0) is 0 Å². The second kappa shape index (κ2) is 5.21. The summed E-state index contributed by atoms with van der Waals surface area (Å²) in [4.78, 5) is 7.97. The summed E-state index contributed by atoms with van der Waals surface area (Å²) in [5.74, 6) is 4.71. The van der Waals surface area contributed by atoms with Crippen LogP contribution in [0.1, 0.15) is 12.8 Å². The Bertz CT molecular complexity index is 312. The van der Waals surface area contributed by atoms with Crippen molar-refractivity contribution in [3.05, 3.63) is 12.4 Å². The number of rotatable bonds is 3. The molecule has 2 heterocycles. The van der Waals surface area contributed by atoms with Gasteiger partial charge in [0, 0.05) is 12.6 Å². The van der Waals surface area contributed by atoms with Gasteiger partial charge in [0.1, 0.15) is 18.0 Å². The predicted molar refractivity (Wildman–Crippen MR) is 65.0 cm³/mol. The van der Waals surface area contributed by atoms with Crippen LogP contribution in [0.2, 0.25) is 0 Å². The van der Waals surface area contributed by atoms with E-state index in [0.29, 0.717) is 5.82 Å². The summed E-state index contributed by atoms with van der Waals surface area (Å²) in [6, 6.07) is 1.78. The van der Waals surface area contributed by atoms with Crippen molar-refractivity contribution < 1.29 is 0 Å². The van der Waals surface area contributed by atoms with E-state index in [0.717, 1.165) is 18.3 Å². The van der Waals surface area contributed by atoms with Crippen molar-refractivity contribution in [3.63, 3.8) is 0 Å².